The summed E-state index contributed by atoms with van der Waals surface area (Å²) in [5.74, 6) is -0.912. The number of carbonyl (C=O) groups excluding carboxylic acids is 1. The Morgan fingerprint density at radius 2 is 1.88 bits per heavy atom. The van der Waals surface area contributed by atoms with Gasteiger partial charge in [0.2, 0.25) is 0 Å². The molecule has 1 aliphatic carbocycles. The average Bonchev–Trinajstić information content (AvgIpc) is 3.14. The Morgan fingerprint density at radius 1 is 1.19 bits per heavy atom. The molecule has 0 aromatic heterocycles. The maximum Gasteiger partial charge on any atom is 0.310 e. The van der Waals surface area contributed by atoms with Gasteiger partial charge in [-0.15, -0.1) is 0 Å². The molecule has 2 unspecified atom stereocenters. The lowest BCUT2D eigenvalue weighted by Gasteiger charge is -2.09. The zero-order chi connectivity index (χ0) is 18.9. The van der Waals surface area contributed by atoms with Crippen molar-refractivity contribution < 1.29 is 13.9 Å². The summed E-state index contributed by atoms with van der Waals surface area (Å²) in [5.41, 5.74) is 1.77. The molecule has 5 heteroatoms. The minimum Gasteiger partial charge on any atom is -0.461 e. The van der Waals surface area contributed by atoms with Crippen LogP contribution in [-0.2, 0) is 16.1 Å². The van der Waals surface area contributed by atoms with Crippen LogP contribution in [0.15, 0.2) is 59.1 Å². The van der Waals surface area contributed by atoms with E-state index in [0.29, 0.717) is 5.56 Å². The summed E-state index contributed by atoms with van der Waals surface area (Å²) in [7, 11) is 0. The largest absolute Gasteiger partial charge is 0.461 e. The predicted octanol–water partition coefficient (Wildman–Crippen LogP) is 6.13. The van der Waals surface area contributed by atoms with E-state index in [2.05, 4.69) is 0 Å². The molecule has 0 heterocycles. The zero-order valence-electron chi connectivity index (χ0n) is 14.5. The summed E-state index contributed by atoms with van der Waals surface area (Å²) in [5, 5.41) is 0. The van der Waals surface area contributed by atoms with E-state index in [4.69, 9.17) is 27.9 Å². The fourth-order valence-electron chi connectivity index (χ4n) is 3.32. The first-order valence-electron chi connectivity index (χ1n) is 8.34. The molecule has 0 aliphatic heterocycles. The van der Waals surface area contributed by atoms with Crippen LogP contribution < -0.4 is 0 Å². The van der Waals surface area contributed by atoms with Crippen LogP contribution in [-0.4, -0.2) is 5.97 Å². The first-order valence-corrected chi connectivity index (χ1v) is 9.09. The van der Waals surface area contributed by atoms with Crippen LogP contribution in [0.5, 0.6) is 0 Å². The maximum atomic E-state index is 14.1. The number of halogens is 3. The standard InChI is InChI=1S/C21H19Cl2FO2/c1-21(2)16(11-18(22)23)19(21)20(25)26-12-13-8-9-17(24)15(10-13)14-6-4-3-5-7-14/h3-11,16,19H,12H2,1-2H3. The van der Waals surface area contributed by atoms with E-state index in [1.54, 1.807) is 18.2 Å². The number of hydrogen-bond donors (Lipinski definition) is 0. The Hall–Kier alpha value is -1.84. The highest BCUT2D eigenvalue weighted by Gasteiger charge is 2.61. The highest BCUT2D eigenvalue weighted by molar-refractivity contribution is 6.55. The van der Waals surface area contributed by atoms with Crippen LogP contribution in [0, 0.1) is 23.1 Å². The number of ether oxygens (including phenoxy) is 1. The molecule has 3 rings (SSSR count). The monoisotopic (exact) mass is 392 g/mol. The van der Waals surface area contributed by atoms with Gasteiger partial charge in [-0.25, -0.2) is 4.39 Å². The number of allylic oxidation sites excluding steroid dienone is 1. The first-order chi connectivity index (χ1) is 12.3. The summed E-state index contributed by atoms with van der Waals surface area (Å²) >= 11 is 11.4. The van der Waals surface area contributed by atoms with E-state index < -0.39 is 0 Å². The summed E-state index contributed by atoms with van der Waals surface area (Å²) in [6.07, 6.45) is 1.68. The minimum absolute atomic E-state index is 0.0342. The van der Waals surface area contributed by atoms with Gasteiger partial charge in [0.1, 0.15) is 16.9 Å². The molecule has 2 nitrogen and oxygen atoms in total. The van der Waals surface area contributed by atoms with E-state index in [9.17, 15) is 9.18 Å². The van der Waals surface area contributed by atoms with Crippen LogP contribution in [0.1, 0.15) is 19.4 Å². The average molecular weight is 393 g/mol. The quantitative estimate of drug-likeness (QED) is 0.572. The third-order valence-electron chi connectivity index (χ3n) is 4.97. The topological polar surface area (TPSA) is 26.3 Å². The van der Waals surface area contributed by atoms with Crippen LogP contribution >= 0.6 is 23.2 Å². The molecule has 136 valence electrons. The summed E-state index contributed by atoms with van der Waals surface area (Å²) in [6, 6.07) is 14.0. The molecule has 2 aromatic carbocycles. The van der Waals surface area contributed by atoms with Gasteiger partial charge in [0.25, 0.3) is 0 Å². The molecule has 0 saturated heterocycles. The van der Waals surface area contributed by atoms with Gasteiger partial charge in [-0.05, 0) is 40.7 Å². The van der Waals surface area contributed by atoms with Crippen LogP contribution in [0.25, 0.3) is 11.1 Å². The molecule has 2 aromatic rings. The van der Waals surface area contributed by atoms with Crippen molar-refractivity contribution in [3.63, 3.8) is 0 Å². The minimum atomic E-state index is -0.309. The molecule has 2 atom stereocenters. The first kappa shape index (κ1) is 18.9. The van der Waals surface area contributed by atoms with E-state index >= 15 is 0 Å². The summed E-state index contributed by atoms with van der Waals surface area (Å²) < 4.78 is 19.7. The van der Waals surface area contributed by atoms with Crippen LogP contribution in [0.3, 0.4) is 0 Å². The van der Waals surface area contributed by atoms with Gasteiger partial charge in [-0.2, -0.15) is 0 Å². The smallest absolute Gasteiger partial charge is 0.310 e. The lowest BCUT2D eigenvalue weighted by atomic mass is 10.0. The number of hydrogen-bond acceptors (Lipinski definition) is 2. The number of carbonyl (C=O) groups is 1. The maximum absolute atomic E-state index is 14.1. The van der Waals surface area contributed by atoms with Crippen LogP contribution in [0.2, 0.25) is 0 Å². The van der Waals surface area contributed by atoms with Crippen molar-refractivity contribution in [2.75, 3.05) is 0 Å². The van der Waals surface area contributed by atoms with Gasteiger partial charge in [0, 0.05) is 5.56 Å². The van der Waals surface area contributed by atoms with E-state index in [1.807, 2.05) is 44.2 Å². The van der Waals surface area contributed by atoms with Crippen molar-refractivity contribution in [2.24, 2.45) is 17.3 Å². The van der Waals surface area contributed by atoms with Crippen LogP contribution in [0.4, 0.5) is 4.39 Å². The fourth-order valence-corrected chi connectivity index (χ4v) is 3.59. The molecule has 1 fully saturated rings. The van der Waals surface area contributed by atoms with Crippen molar-refractivity contribution in [1.82, 2.24) is 0 Å². The van der Waals surface area contributed by atoms with Gasteiger partial charge in [-0.3, -0.25) is 4.79 Å². The third kappa shape index (κ3) is 3.94. The Bertz CT molecular complexity index is 842. The number of benzene rings is 2. The second kappa shape index (κ2) is 7.42. The third-order valence-corrected chi connectivity index (χ3v) is 5.22. The van der Waals surface area contributed by atoms with Crippen molar-refractivity contribution in [3.8, 4) is 11.1 Å². The molecular weight excluding hydrogens is 374 g/mol. The second-order valence-electron chi connectivity index (χ2n) is 7.07. The Kier molecular flexibility index (Phi) is 5.40. The number of esters is 1. The highest BCUT2D eigenvalue weighted by atomic mass is 35.5. The lowest BCUT2D eigenvalue weighted by molar-refractivity contribution is -0.147. The molecule has 0 amide bonds. The Morgan fingerprint density at radius 3 is 2.54 bits per heavy atom. The Balaban J connectivity index is 1.69. The molecule has 26 heavy (non-hydrogen) atoms. The van der Waals surface area contributed by atoms with E-state index in [1.165, 1.54) is 6.07 Å². The van der Waals surface area contributed by atoms with Gasteiger partial charge in [0.15, 0.2) is 0 Å². The van der Waals surface area contributed by atoms with Gasteiger partial charge < -0.3 is 4.74 Å². The molecule has 0 N–H and O–H groups in total. The number of rotatable bonds is 5. The normalized spacial score (nSPS) is 20.3. The second-order valence-corrected chi connectivity index (χ2v) is 8.08. The van der Waals surface area contributed by atoms with Crippen molar-refractivity contribution in [3.05, 3.63) is 70.5 Å². The molecule has 1 aliphatic rings. The van der Waals surface area contributed by atoms with Crippen molar-refractivity contribution in [2.45, 2.75) is 20.5 Å². The SMILES string of the molecule is CC1(C)C(C=C(Cl)Cl)C1C(=O)OCc1ccc(F)c(-c2ccccc2)c1. The summed E-state index contributed by atoms with van der Waals surface area (Å²) in [6.45, 7) is 4.04. The molecule has 0 radical (unpaired) electrons. The molecule has 0 bridgehead atoms. The van der Waals surface area contributed by atoms with Gasteiger partial charge >= 0.3 is 5.97 Å². The van der Waals surface area contributed by atoms with E-state index in [-0.39, 0.29) is 40.1 Å². The molecule has 1 saturated carbocycles. The van der Waals surface area contributed by atoms with Gasteiger partial charge in [0.05, 0.1) is 5.92 Å². The van der Waals surface area contributed by atoms with Crippen molar-refractivity contribution in [1.29, 1.82) is 0 Å². The molecular formula is C21H19Cl2FO2. The highest BCUT2D eigenvalue weighted by Crippen LogP contribution is 2.60. The van der Waals surface area contributed by atoms with Crippen molar-refractivity contribution >= 4 is 29.2 Å². The summed E-state index contributed by atoms with van der Waals surface area (Å²) in [4.78, 5) is 12.4. The Labute approximate surface area is 162 Å². The fraction of sp³-hybridized carbons (Fsp3) is 0.286. The zero-order valence-corrected chi connectivity index (χ0v) is 16.0. The van der Waals surface area contributed by atoms with Gasteiger partial charge in [-0.1, -0.05) is 73.4 Å². The van der Waals surface area contributed by atoms with E-state index in [0.717, 1.165) is 11.1 Å². The lowest BCUT2D eigenvalue weighted by Crippen LogP contribution is -2.10. The predicted molar refractivity (Wildman–Crippen MR) is 102 cm³/mol. The molecule has 0 spiro atoms.